The number of carbonyl (C=O) groups excluding carboxylic acids is 1. The molecule has 0 radical (unpaired) electrons. The van der Waals surface area contributed by atoms with Gasteiger partial charge in [0.25, 0.3) is 0 Å². The first-order valence-corrected chi connectivity index (χ1v) is 9.56. The Kier molecular flexibility index (Phi) is 4.01. The molecular formula is C21H23N3O3. The SMILES string of the molecule is Cn1cc(CC(=O)N2CCc3oc(C4CCOC4)nc3C2)c2ccccc21. The highest BCUT2D eigenvalue weighted by Gasteiger charge is 2.29. The van der Waals surface area contributed by atoms with E-state index in [0.29, 0.717) is 26.1 Å². The largest absolute Gasteiger partial charge is 0.445 e. The Labute approximate surface area is 157 Å². The molecule has 0 saturated carbocycles. The number of rotatable bonds is 3. The van der Waals surface area contributed by atoms with Gasteiger partial charge in [-0.05, 0) is 18.1 Å². The quantitative estimate of drug-likeness (QED) is 0.716. The number of benzene rings is 1. The van der Waals surface area contributed by atoms with E-state index in [-0.39, 0.29) is 11.8 Å². The number of amides is 1. The molecule has 4 heterocycles. The number of para-hydroxylation sites is 1. The maximum Gasteiger partial charge on any atom is 0.227 e. The van der Waals surface area contributed by atoms with Gasteiger partial charge in [0.2, 0.25) is 5.91 Å². The van der Waals surface area contributed by atoms with Gasteiger partial charge in [-0.3, -0.25) is 4.79 Å². The Morgan fingerprint density at radius 3 is 3.07 bits per heavy atom. The van der Waals surface area contributed by atoms with E-state index in [1.54, 1.807) is 0 Å². The van der Waals surface area contributed by atoms with Crippen LogP contribution >= 0.6 is 0 Å². The summed E-state index contributed by atoms with van der Waals surface area (Å²) in [7, 11) is 2.02. The van der Waals surface area contributed by atoms with Gasteiger partial charge in [0.15, 0.2) is 5.89 Å². The number of hydrogen-bond acceptors (Lipinski definition) is 4. The average Bonchev–Trinajstić information content (AvgIpc) is 3.40. The predicted octanol–water partition coefficient (Wildman–Crippen LogP) is 2.80. The number of ether oxygens (including phenoxy) is 1. The third kappa shape index (κ3) is 2.94. The minimum Gasteiger partial charge on any atom is -0.445 e. The van der Waals surface area contributed by atoms with E-state index in [0.717, 1.165) is 53.3 Å². The minimum atomic E-state index is 0.144. The summed E-state index contributed by atoms with van der Waals surface area (Å²) in [6, 6.07) is 8.21. The summed E-state index contributed by atoms with van der Waals surface area (Å²) < 4.78 is 13.5. The molecule has 6 heteroatoms. The molecule has 0 N–H and O–H groups in total. The van der Waals surface area contributed by atoms with Gasteiger partial charge in [-0.1, -0.05) is 18.2 Å². The molecule has 3 aromatic rings. The number of fused-ring (bicyclic) bond motifs is 2. The normalized spacial score (nSPS) is 19.6. The molecule has 0 spiro atoms. The molecule has 140 valence electrons. The fourth-order valence-corrected chi connectivity index (χ4v) is 4.18. The molecule has 2 aliphatic heterocycles. The minimum absolute atomic E-state index is 0.144. The van der Waals surface area contributed by atoms with Crippen molar-refractivity contribution < 1.29 is 13.9 Å². The van der Waals surface area contributed by atoms with Crippen LogP contribution in [0.15, 0.2) is 34.9 Å². The van der Waals surface area contributed by atoms with Crippen LogP contribution in [0.3, 0.4) is 0 Å². The lowest BCUT2D eigenvalue weighted by molar-refractivity contribution is -0.131. The van der Waals surface area contributed by atoms with Crippen molar-refractivity contribution in [2.45, 2.75) is 31.7 Å². The zero-order chi connectivity index (χ0) is 18.4. The van der Waals surface area contributed by atoms with Crippen LogP contribution in [0.4, 0.5) is 0 Å². The van der Waals surface area contributed by atoms with Crippen molar-refractivity contribution in [3.8, 4) is 0 Å². The lowest BCUT2D eigenvalue weighted by Gasteiger charge is -2.25. The van der Waals surface area contributed by atoms with Gasteiger partial charge in [0.05, 0.1) is 25.5 Å². The number of aryl methyl sites for hydroxylation is 1. The summed E-state index contributed by atoms with van der Waals surface area (Å²) in [4.78, 5) is 19.5. The second kappa shape index (κ2) is 6.53. The van der Waals surface area contributed by atoms with Gasteiger partial charge in [-0.15, -0.1) is 0 Å². The zero-order valence-corrected chi connectivity index (χ0v) is 15.5. The van der Waals surface area contributed by atoms with Crippen LogP contribution < -0.4 is 0 Å². The van der Waals surface area contributed by atoms with E-state index in [1.807, 2.05) is 24.1 Å². The van der Waals surface area contributed by atoms with Crippen molar-refractivity contribution in [2.75, 3.05) is 19.8 Å². The second-order valence-electron chi connectivity index (χ2n) is 7.51. The van der Waals surface area contributed by atoms with Crippen molar-refractivity contribution in [3.05, 3.63) is 53.4 Å². The molecule has 0 bridgehead atoms. The first-order chi connectivity index (χ1) is 13.2. The number of oxazole rings is 1. The van der Waals surface area contributed by atoms with Gasteiger partial charge >= 0.3 is 0 Å². The van der Waals surface area contributed by atoms with Crippen molar-refractivity contribution in [3.63, 3.8) is 0 Å². The first kappa shape index (κ1) is 16.6. The van der Waals surface area contributed by atoms with E-state index in [2.05, 4.69) is 27.9 Å². The third-order valence-corrected chi connectivity index (χ3v) is 5.70. The Morgan fingerprint density at radius 1 is 1.33 bits per heavy atom. The number of aromatic nitrogens is 2. The van der Waals surface area contributed by atoms with Crippen LogP contribution in [0, 0.1) is 0 Å². The van der Waals surface area contributed by atoms with E-state index in [4.69, 9.17) is 9.15 Å². The van der Waals surface area contributed by atoms with E-state index < -0.39 is 0 Å². The number of carbonyl (C=O) groups is 1. The van der Waals surface area contributed by atoms with Crippen LogP contribution in [0.2, 0.25) is 0 Å². The number of nitrogens with zero attached hydrogens (tertiary/aromatic N) is 3. The van der Waals surface area contributed by atoms with Crippen LogP contribution in [-0.4, -0.2) is 40.1 Å². The molecule has 1 atom stereocenters. The molecule has 5 rings (SSSR count). The molecule has 1 fully saturated rings. The Morgan fingerprint density at radius 2 is 2.22 bits per heavy atom. The third-order valence-electron chi connectivity index (χ3n) is 5.70. The summed E-state index contributed by atoms with van der Waals surface area (Å²) in [6.45, 7) is 2.68. The summed E-state index contributed by atoms with van der Waals surface area (Å²) in [5, 5.41) is 1.15. The van der Waals surface area contributed by atoms with Crippen LogP contribution in [0.25, 0.3) is 10.9 Å². The molecule has 1 amide bonds. The Hall–Kier alpha value is -2.60. The lowest BCUT2D eigenvalue weighted by atomic mass is 10.1. The van der Waals surface area contributed by atoms with Gasteiger partial charge in [0, 0.05) is 43.7 Å². The zero-order valence-electron chi connectivity index (χ0n) is 15.5. The molecule has 2 aliphatic rings. The highest BCUT2D eigenvalue weighted by Crippen LogP contribution is 2.29. The molecular weight excluding hydrogens is 342 g/mol. The highest BCUT2D eigenvalue weighted by atomic mass is 16.5. The number of hydrogen-bond donors (Lipinski definition) is 0. The van der Waals surface area contributed by atoms with E-state index in [1.165, 1.54) is 0 Å². The molecule has 2 aromatic heterocycles. The van der Waals surface area contributed by atoms with Crippen LogP contribution in [0.5, 0.6) is 0 Å². The van der Waals surface area contributed by atoms with Gasteiger partial charge in [-0.25, -0.2) is 4.98 Å². The van der Waals surface area contributed by atoms with Gasteiger partial charge in [0.1, 0.15) is 11.5 Å². The molecule has 0 aliphatic carbocycles. The summed E-state index contributed by atoms with van der Waals surface area (Å²) in [6.07, 6.45) is 4.17. The smallest absolute Gasteiger partial charge is 0.227 e. The topological polar surface area (TPSA) is 60.5 Å². The van der Waals surface area contributed by atoms with Crippen LogP contribution in [-0.2, 0) is 36.0 Å². The van der Waals surface area contributed by atoms with Crippen molar-refractivity contribution >= 4 is 16.8 Å². The molecule has 1 saturated heterocycles. The highest BCUT2D eigenvalue weighted by molar-refractivity contribution is 5.89. The summed E-state index contributed by atoms with van der Waals surface area (Å²) >= 11 is 0. The maximum atomic E-state index is 12.9. The van der Waals surface area contributed by atoms with Crippen molar-refractivity contribution in [1.29, 1.82) is 0 Å². The molecule has 6 nitrogen and oxygen atoms in total. The van der Waals surface area contributed by atoms with E-state index in [9.17, 15) is 4.79 Å². The summed E-state index contributed by atoms with van der Waals surface area (Å²) in [5.74, 6) is 2.12. The maximum absolute atomic E-state index is 12.9. The van der Waals surface area contributed by atoms with Crippen molar-refractivity contribution in [1.82, 2.24) is 14.5 Å². The van der Waals surface area contributed by atoms with Crippen LogP contribution in [0.1, 0.15) is 35.2 Å². The molecule has 27 heavy (non-hydrogen) atoms. The molecule has 1 aromatic carbocycles. The Bertz CT molecular complexity index is 997. The van der Waals surface area contributed by atoms with E-state index >= 15 is 0 Å². The second-order valence-corrected chi connectivity index (χ2v) is 7.51. The monoisotopic (exact) mass is 365 g/mol. The standard InChI is InChI=1S/C21H23N3O3/c1-23-11-15(16-4-2-3-5-18(16)23)10-20(25)24-8-6-19-17(12-24)22-21(27-19)14-7-9-26-13-14/h2-5,11,14H,6-10,12-13H2,1H3. The average molecular weight is 365 g/mol. The predicted molar refractivity (Wildman–Crippen MR) is 100 cm³/mol. The fourth-order valence-electron chi connectivity index (χ4n) is 4.18. The first-order valence-electron chi connectivity index (χ1n) is 9.56. The van der Waals surface area contributed by atoms with Crippen molar-refractivity contribution in [2.24, 2.45) is 7.05 Å². The van der Waals surface area contributed by atoms with Gasteiger partial charge in [-0.2, -0.15) is 0 Å². The molecule has 1 unspecified atom stereocenters. The van der Waals surface area contributed by atoms with Gasteiger partial charge < -0.3 is 18.6 Å². The Balaban J connectivity index is 1.33. The summed E-state index contributed by atoms with van der Waals surface area (Å²) in [5.41, 5.74) is 3.14. The lowest BCUT2D eigenvalue weighted by Crippen LogP contribution is -2.36. The fraction of sp³-hybridized carbons (Fsp3) is 0.429.